The molecule has 1 aliphatic rings. The van der Waals surface area contributed by atoms with Gasteiger partial charge < -0.3 is 9.47 Å². The van der Waals surface area contributed by atoms with Crippen LogP contribution in [0, 0.1) is 6.92 Å². The first-order valence-corrected chi connectivity index (χ1v) is 5.01. The first-order chi connectivity index (χ1) is 6.88. The van der Waals surface area contributed by atoms with Crippen LogP contribution in [-0.2, 0) is 11.2 Å². The van der Waals surface area contributed by atoms with Crippen LogP contribution in [-0.4, -0.2) is 19.3 Å². The predicted molar refractivity (Wildman–Crippen MR) is 55.4 cm³/mol. The molecule has 1 unspecified atom stereocenters. The molecule has 1 radical (unpaired) electrons. The van der Waals surface area contributed by atoms with Gasteiger partial charge in [-0.15, -0.1) is 0 Å². The maximum absolute atomic E-state index is 5.52. The zero-order valence-corrected chi connectivity index (χ0v) is 8.24. The van der Waals surface area contributed by atoms with Gasteiger partial charge in [-0.05, 0) is 30.5 Å². The highest BCUT2D eigenvalue weighted by atomic mass is 16.6. The van der Waals surface area contributed by atoms with Gasteiger partial charge in [0.15, 0.2) is 0 Å². The molecule has 1 atom stereocenters. The molecule has 2 nitrogen and oxygen atoms in total. The van der Waals surface area contributed by atoms with Crippen molar-refractivity contribution in [2.45, 2.75) is 18.9 Å². The summed E-state index contributed by atoms with van der Waals surface area (Å²) in [7, 11) is 0. The fraction of sp³-hybridized carbons (Fsp3) is 0.417. The van der Waals surface area contributed by atoms with E-state index in [0.29, 0.717) is 12.7 Å². The fourth-order valence-electron chi connectivity index (χ4n) is 1.31. The highest BCUT2D eigenvalue weighted by Gasteiger charge is 2.22. The molecule has 14 heavy (non-hydrogen) atoms. The lowest BCUT2D eigenvalue weighted by Gasteiger charge is -2.04. The van der Waals surface area contributed by atoms with Crippen LogP contribution in [0.3, 0.4) is 0 Å². The van der Waals surface area contributed by atoms with E-state index in [1.54, 1.807) is 0 Å². The molecule has 1 fully saturated rings. The largest absolute Gasteiger partial charge is 0.491 e. The van der Waals surface area contributed by atoms with Crippen LogP contribution < -0.4 is 4.74 Å². The molecule has 2 heteroatoms. The number of benzene rings is 1. The number of hydrogen-bond donors (Lipinski definition) is 0. The molecule has 1 saturated heterocycles. The van der Waals surface area contributed by atoms with Crippen molar-refractivity contribution in [1.29, 1.82) is 0 Å². The van der Waals surface area contributed by atoms with E-state index in [9.17, 15) is 0 Å². The maximum Gasteiger partial charge on any atom is 0.119 e. The number of aryl methyl sites for hydroxylation is 1. The fourth-order valence-corrected chi connectivity index (χ4v) is 1.31. The summed E-state index contributed by atoms with van der Waals surface area (Å²) in [5, 5.41) is 0. The van der Waals surface area contributed by atoms with Gasteiger partial charge in [0.1, 0.15) is 18.5 Å². The van der Waals surface area contributed by atoms with E-state index in [2.05, 4.69) is 19.1 Å². The summed E-state index contributed by atoms with van der Waals surface area (Å²) < 4.78 is 10.6. The average Bonchev–Trinajstić information content (AvgIpc) is 3.01. The van der Waals surface area contributed by atoms with E-state index in [1.807, 2.05) is 12.1 Å². The zero-order valence-electron chi connectivity index (χ0n) is 8.24. The van der Waals surface area contributed by atoms with Gasteiger partial charge in [-0.25, -0.2) is 0 Å². The van der Waals surface area contributed by atoms with Gasteiger partial charge in [-0.1, -0.05) is 19.1 Å². The summed E-state index contributed by atoms with van der Waals surface area (Å²) in [6.07, 6.45) is 2.30. The van der Waals surface area contributed by atoms with Crippen LogP contribution in [0.5, 0.6) is 5.75 Å². The molecule has 0 N–H and O–H groups in total. The molecule has 0 saturated carbocycles. The van der Waals surface area contributed by atoms with E-state index in [0.717, 1.165) is 25.2 Å². The van der Waals surface area contributed by atoms with Gasteiger partial charge >= 0.3 is 0 Å². The summed E-state index contributed by atoms with van der Waals surface area (Å²) in [6, 6.07) is 8.20. The Balaban J connectivity index is 1.84. The average molecular weight is 191 g/mol. The molecule has 0 spiro atoms. The Kier molecular flexibility index (Phi) is 3.04. The third-order valence-corrected chi connectivity index (χ3v) is 2.23. The summed E-state index contributed by atoms with van der Waals surface area (Å²) in [6.45, 7) is 5.35. The van der Waals surface area contributed by atoms with Gasteiger partial charge in [-0.3, -0.25) is 0 Å². The maximum atomic E-state index is 5.52. The van der Waals surface area contributed by atoms with Crippen molar-refractivity contribution in [3.8, 4) is 5.75 Å². The summed E-state index contributed by atoms with van der Waals surface area (Å²) >= 11 is 0. The first kappa shape index (κ1) is 9.53. The Morgan fingerprint density at radius 3 is 2.64 bits per heavy atom. The second kappa shape index (κ2) is 4.47. The Morgan fingerprint density at radius 1 is 1.36 bits per heavy atom. The SMILES string of the molecule is [CH2]CCc1ccc(OCC2CO2)cc1. The van der Waals surface area contributed by atoms with Crippen LogP contribution >= 0.6 is 0 Å². The first-order valence-electron chi connectivity index (χ1n) is 5.01. The molecule has 0 aliphatic carbocycles. The molecule has 1 aromatic rings. The van der Waals surface area contributed by atoms with E-state index in [1.165, 1.54) is 5.56 Å². The van der Waals surface area contributed by atoms with E-state index in [-0.39, 0.29) is 0 Å². The summed E-state index contributed by atoms with van der Waals surface area (Å²) in [4.78, 5) is 0. The van der Waals surface area contributed by atoms with E-state index in [4.69, 9.17) is 9.47 Å². The normalized spacial score (nSPS) is 19.4. The topological polar surface area (TPSA) is 21.8 Å². The van der Waals surface area contributed by atoms with Crippen LogP contribution in [0.4, 0.5) is 0 Å². The molecule has 0 amide bonds. The molecule has 1 aromatic carbocycles. The molecule has 0 aromatic heterocycles. The second-order valence-corrected chi connectivity index (χ2v) is 3.51. The lowest BCUT2D eigenvalue weighted by molar-refractivity contribution is 0.263. The summed E-state index contributed by atoms with van der Waals surface area (Å²) in [5.41, 5.74) is 1.31. The molecular weight excluding hydrogens is 176 g/mol. The van der Waals surface area contributed by atoms with Gasteiger partial charge in [0.25, 0.3) is 0 Å². The second-order valence-electron chi connectivity index (χ2n) is 3.51. The third kappa shape index (κ3) is 2.74. The molecule has 1 heterocycles. The number of hydrogen-bond acceptors (Lipinski definition) is 2. The van der Waals surface area contributed by atoms with Crippen molar-refractivity contribution >= 4 is 0 Å². The molecule has 1 aliphatic heterocycles. The number of rotatable bonds is 5. The van der Waals surface area contributed by atoms with Gasteiger partial charge in [-0.2, -0.15) is 0 Å². The van der Waals surface area contributed by atoms with Crippen molar-refractivity contribution in [2.75, 3.05) is 13.2 Å². The van der Waals surface area contributed by atoms with E-state index < -0.39 is 0 Å². The Morgan fingerprint density at radius 2 is 2.07 bits per heavy atom. The highest BCUT2D eigenvalue weighted by molar-refractivity contribution is 5.27. The zero-order chi connectivity index (χ0) is 9.80. The minimum absolute atomic E-state index is 0.328. The van der Waals surface area contributed by atoms with Crippen LogP contribution in [0.2, 0.25) is 0 Å². The standard InChI is InChI=1S/C12H15O2/c1-2-3-10-4-6-11(7-5-10)13-8-12-9-14-12/h4-7,12H,1-3,8-9H2. The highest BCUT2D eigenvalue weighted by Crippen LogP contribution is 2.16. The quantitative estimate of drug-likeness (QED) is 0.666. The van der Waals surface area contributed by atoms with Crippen molar-refractivity contribution in [2.24, 2.45) is 0 Å². The van der Waals surface area contributed by atoms with Gasteiger partial charge in [0.2, 0.25) is 0 Å². The van der Waals surface area contributed by atoms with Crippen molar-refractivity contribution < 1.29 is 9.47 Å². The van der Waals surface area contributed by atoms with Crippen molar-refractivity contribution in [1.82, 2.24) is 0 Å². The van der Waals surface area contributed by atoms with Crippen molar-refractivity contribution in [3.63, 3.8) is 0 Å². The Hall–Kier alpha value is -1.02. The number of ether oxygens (including phenoxy) is 2. The Labute approximate surface area is 84.8 Å². The lowest BCUT2D eigenvalue weighted by Crippen LogP contribution is -2.03. The van der Waals surface area contributed by atoms with Gasteiger partial charge in [0, 0.05) is 0 Å². The summed E-state index contributed by atoms with van der Waals surface area (Å²) in [5.74, 6) is 0.924. The van der Waals surface area contributed by atoms with E-state index >= 15 is 0 Å². The van der Waals surface area contributed by atoms with Crippen LogP contribution in [0.15, 0.2) is 24.3 Å². The van der Waals surface area contributed by atoms with Crippen LogP contribution in [0.25, 0.3) is 0 Å². The minimum atomic E-state index is 0.328. The third-order valence-electron chi connectivity index (χ3n) is 2.23. The minimum Gasteiger partial charge on any atom is -0.491 e. The number of epoxide rings is 1. The van der Waals surface area contributed by atoms with Crippen molar-refractivity contribution in [3.05, 3.63) is 36.8 Å². The molecular formula is C12H15O2. The smallest absolute Gasteiger partial charge is 0.119 e. The lowest BCUT2D eigenvalue weighted by atomic mass is 10.1. The van der Waals surface area contributed by atoms with Crippen LogP contribution in [0.1, 0.15) is 12.0 Å². The monoisotopic (exact) mass is 191 g/mol. The Bertz CT molecular complexity index is 275. The molecule has 75 valence electrons. The molecule has 2 rings (SSSR count). The predicted octanol–water partition coefficient (Wildman–Crippen LogP) is 2.23. The molecule has 0 bridgehead atoms. The van der Waals surface area contributed by atoms with Gasteiger partial charge in [0.05, 0.1) is 6.61 Å².